The molecule has 6 nitrogen and oxygen atoms in total. The molecule has 0 aromatic heterocycles. The summed E-state index contributed by atoms with van der Waals surface area (Å²) >= 11 is 0. The number of carbonyl (C=O) groups excluding carboxylic acids is 2. The van der Waals surface area contributed by atoms with Crippen molar-refractivity contribution in [2.45, 2.75) is 51.1 Å². The van der Waals surface area contributed by atoms with Crippen LogP contribution in [0.2, 0.25) is 0 Å². The van der Waals surface area contributed by atoms with Crippen molar-refractivity contribution in [3.63, 3.8) is 0 Å². The molecule has 2 amide bonds. The van der Waals surface area contributed by atoms with Crippen LogP contribution in [0.15, 0.2) is 4.90 Å². The molecule has 0 spiro atoms. The van der Waals surface area contributed by atoms with Gasteiger partial charge in [0.25, 0.3) is 9.05 Å². The predicted octanol–water partition coefficient (Wildman–Crippen LogP) is 2.90. The Morgan fingerprint density at radius 3 is 1.34 bits per heavy atom. The molecule has 0 aliphatic rings. The molecular weight excluding hydrogens is 454 g/mol. The lowest BCUT2D eigenvalue weighted by Crippen LogP contribution is -2.37. The summed E-state index contributed by atoms with van der Waals surface area (Å²) in [5.41, 5.74) is -0.256. The molecule has 29 heavy (non-hydrogen) atoms. The van der Waals surface area contributed by atoms with Crippen LogP contribution in [0.25, 0.3) is 0 Å². The van der Waals surface area contributed by atoms with E-state index < -0.39 is 51.2 Å². The predicted molar refractivity (Wildman–Crippen MR) is 89.5 cm³/mol. The molecule has 14 heteroatoms. The number of rotatable bonds is 5. The molecule has 0 heterocycles. The summed E-state index contributed by atoms with van der Waals surface area (Å²) in [7, 11) is 0.916. The number of benzene rings is 1. The lowest BCUT2D eigenvalue weighted by atomic mass is 9.93. The van der Waals surface area contributed by atoms with Gasteiger partial charge >= 0.3 is 24.2 Å². The Bertz CT molecular complexity index is 885. The maximum Gasteiger partial charge on any atom is 0.471 e. The van der Waals surface area contributed by atoms with Gasteiger partial charge in [-0.15, -0.1) is 0 Å². The van der Waals surface area contributed by atoms with Gasteiger partial charge in [0.2, 0.25) is 0 Å². The fraction of sp³-hybridized carbons (Fsp3) is 0.467. The number of alkyl halides is 6. The van der Waals surface area contributed by atoms with Crippen LogP contribution >= 0.6 is 10.7 Å². The first-order valence-electron chi connectivity index (χ1n) is 7.65. The zero-order valence-corrected chi connectivity index (χ0v) is 16.7. The summed E-state index contributed by atoms with van der Waals surface area (Å²) in [4.78, 5) is 21.6. The summed E-state index contributed by atoms with van der Waals surface area (Å²) in [6.07, 6.45) is -10.4. The van der Waals surface area contributed by atoms with E-state index >= 15 is 0 Å². The van der Waals surface area contributed by atoms with Gasteiger partial charge < -0.3 is 10.6 Å². The van der Waals surface area contributed by atoms with Crippen molar-refractivity contribution in [3.8, 4) is 0 Å². The Hall–Kier alpha value is -2.02. The molecule has 0 saturated carbocycles. The number of hydrogen-bond donors (Lipinski definition) is 2. The first-order valence-corrected chi connectivity index (χ1v) is 9.96. The number of halogens is 7. The van der Waals surface area contributed by atoms with Crippen molar-refractivity contribution in [3.05, 3.63) is 27.8 Å². The Morgan fingerprint density at radius 2 is 1.10 bits per heavy atom. The van der Waals surface area contributed by atoms with Crippen LogP contribution in [0, 0.1) is 20.8 Å². The SMILES string of the molecule is Cc1c(CNC(=O)C(F)(F)F)c(C)c(S(=O)(=O)Cl)c(C)c1CNC(=O)C(F)(F)F. The lowest BCUT2D eigenvalue weighted by molar-refractivity contribution is -0.173. The second-order valence-corrected chi connectivity index (χ2v) is 8.46. The third kappa shape index (κ3) is 5.98. The molecule has 0 bridgehead atoms. The van der Waals surface area contributed by atoms with Crippen LogP contribution in [0.5, 0.6) is 0 Å². The van der Waals surface area contributed by atoms with Crippen LogP contribution in [0.4, 0.5) is 26.3 Å². The summed E-state index contributed by atoms with van der Waals surface area (Å²) in [5.74, 6) is -4.59. The van der Waals surface area contributed by atoms with Crippen LogP contribution in [-0.4, -0.2) is 32.6 Å². The van der Waals surface area contributed by atoms with Crippen molar-refractivity contribution >= 4 is 31.5 Å². The van der Waals surface area contributed by atoms with E-state index in [2.05, 4.69) is 0 Å². The molecule has 0 aliphatic carbocycles. The summed E-state index contributed by atoms with van der Waals surface area (Å²) in [5, 5.41) is 3.13. The molecule has 164 valence electrons. The van der Waals surface area contributed by atoms with Gasteiger partial charge in [0.05, 0.1) is 4.90 Å². The van der Waals surface area contributed by atoms with Crippen molar-refractivity contribution in [2.24, 2.45) is 0 Å². The smallest absolute Gasteiger partial charge is 0.344 e. The molecular formula is C15H15ClF6N2O4S. The van der Waals surface area contributed by atoms with Crippen LogP contribution in [0.3, 0.4) is 0 Å². The number of nitrogens with one attached hydrogen (secondary N) is 2. The highest BCUT2D eigenvalue weighted by atomic mass is 35.7. The van der Waals surface area contributed by atoms with E-state index in [1.807, 2.05) is 0 Å². The van der Waals surface area contributed by atoms with Crippen LogP contribution < -0.4 is 10.6 Å². The van der Waals surface area contributed by atoms with E-state index in [9.17, 15) is 44.3 Å². The monoisotopic (exact) mass is 468 g/mol. The van der Waals surface area contributed by atoms with Gasteiger partial charge in [-0.25, -0.2) is 8.42 Å². The molecule has 1 aromatic carbocycles. The van der Waals surface area contributed by atoms with Gasteiger partial charge in [0, 0.05) is 23.8 Å². The third-order valence-corrected chi connectivity index (χ3v) is 5.66. The van der Waals surface area contributed by atoms with Crippen LogP contribution in [-0.2, 0) is 31.7 Å². The molecule has 1 aromatic rings. The maximum absolute atomic E-state index is 12.4. The Kier molecular flexibility index (Phi) is 7.23. The first kappa shape index (κ1) is 25.0. The van der Waals surface area contributed by atoms with Gasteiger partial charge in [-0.3, -0.25) is 9.59 Å². The van der Waals surface area contributed by atoms with E-state index in [4.69, 9.17) is 10.7 Å². The van der Waals surface area contributed by atoms with Gasteiger partial charge in [-0.05, 0) is 48.6 Å². The fourth-order valence-electron chi connectivity index (χ4n) is 2.73. The standard InChI is InChI=1S/C15H15ClF6N2O4S/c1-6-9(4-23-12(25)14(17,18)19)7(2)11(29(16,27)28)8(3)10(6)5-24-13(26)15(20,21)22/h4-5H2,1-3H3,(H,23,25)(H,24,26). The van der Waals surface area contributed by atoms with Crippen molar-refractivity contribution in [1.29, 1.82) is 0 Å². The van der Waals surface area contributed by atoms with E-state index in [0.29, 0.717) is 0 Å². The van der Waals surface area contributed by atoms with E-state index in [0.717, 1.165) is 0 Å². The average Bonchev–Trinajstić information content (AvgIpc) is 2.50. The van der Waals surface area contributed by atoms with E-state index in [1.165, 1.54) is 20.8 Å². The zero-order valence-electron chi connectivity index (χ0n) is 15.1. The summed E-state index contributed by atoms with van der Waals surface area (Å²) in [6.45, 7) is 2.21. The average molecular weight is 469 g/mol. The van der Waals surface area contributed by atoms with Gasteiger partial charge in [0.15, 0.2) is 0 Å². The summed E-state index contributed by atoms with van der Waals surface area (Å²) < 4.78 is 98.3. The maximum atomic E-state index is 12.4. The highest BCUT2D eigenvalue weighted by Gasteiger charge is 2.39. The Morgan fingerprint density at radius 1 is 0.793 bits per heavy atom. The first-order chi connectivity index (χ1) is 12.9. The minimum absolute atomic E-state index is 0.0802. The molecule has 1 rings (SSSR count). The van der Waals surface area contributed by atoms with Crippen molar-refractivity contribution in [1.82, 2.24) is 10.6 Å². The topological polar surface area (TPSA) is 92.3 Å². The number of hydrogen-bond acceptors (Lipinski definition) is 4. The Labute approximate surface area is 166 Å². The largest absolute Gasteiger partial charge is 0.471 e. The number of carbonyl (C=O) groups is 2. The van der Waals surface area contributed by atoms with Crippen molar-refractivity contribution < 1.29 is 44.3 Å². The molecule has 0 fully saturated rings. The highest BCUT2D eigenvalue weighted by Crippen LogP contribution is 2.33. The Balaban J connectivity index is 3.49. The lowest BCUT2D eigenvalue weighted by Gasteiger charge is -2.22. The minimum atomic E-state index is -5.20. The second kappa shape index (κ2) is 8.38. The van der Waals surface area contributed by atoms with E-state index in [-0.39, 0.29) is 27.8 Å². The second-order valence-electron chi connectivity index (χ2n) is 5.96. The van der Waals surface area contributed by atoms with Gasteiger partial charge in [-0.1, -0.05) is 0 Å². The van der Waals surface area contributed by atoms with Crippen LogP contribution in [0.1, 0.15) is 27.8 Å². The highest BCUT2D eigenvalue weighted by molar-refractivity contribution is 8.13. The molecule has 0 atom stereocenters. The molecule has 2 N–H and O–H groups in total. The zero-order chi connectivity index (χ0) is 22.9. The molecule has 0 saturated heterocycles. The molecule has 0 aliphatic heterocycles. The normalized spacial score (nSPS) is 12.6. The molecule has 0 radical (unpaired) electrons. The summed E-state index contributed by atoms with van der Waals surface area (Å²) in [6, 6.07) is 0. The van der Waals surface area contributed by atoms with Gasteiger partial charge in [-0.2, -0.15) is 26.3 Å². The van der Waals surface area contributed by atoms with Gasteiger partial charge in [0.1, 0.15) is 0 Å². The van der Waals surface area contributed by atoms with E-state index in [1.54, 1.807) is 10.6 Å². The quantitative estimate of drug-likeness (QED) is 0.513. The molecule has 0 unspecified atom stereocenters. The fourth-order valence-corrected chi connectivity index (χ4v) is 4.41. The third-order valence-electron chi connectivity index (χ3n) is 4.10. The number of amides is 2. The minimum Gasteiger partial charge on any atom is -0.344 e. The van der Waals surface area contributed by atoms with Crippen molar-refractivity contribution in [2.75, 3.05) is 0 Å².